The number of carbonyl (C=O) groups is 6. The van der Waals surface area contributed by atoms with Crippen molar-refractivity contribution in [1.29, 1.82) is 0 Å². The van der Waals surface area contributed by atoms with Gasteiger partial charge in [-0.2, -0.15) is 0 Å². The van der Waals surface area contributed by atoms with Crippen LogP contribution in [-0.4, -0.2) is 224 Å². The molecule has 27 nitrogen and oxygen atoms in total. The third kappa shape index (κ3) is 17.1. The zero-order valence-corrected chi connectivity index (χ0v) is 40.0. The Morgan fingerprint density at radius 2 is 0.662 bits per heavy atom. The van der Waals surface area contributed by atoms with E-state index in [1.807, 2.05) is 0 Å². The van der Waals surface area contributed by atoms with Crippen LogP contribution in [0.5, 0.6) is 0 Å². The standard InChI is InChI=1S/C25H40O14.C18H30O13.CH4/c1-6-12-18(31)20(35-14(27)7-2)22(37-16(29)9-4)24(33-12)39-25-23(38-17(30)10-5)21(36-15(28)8-3)19(32)13(11-26)34-25;1-3-9(19)27-5-7-11(21)13(23)15(25)17(29-7)31-18-16(26)14(24)12(22)8(30-18)6-28-10(20)4-2;/h12-13,18-26,31-32H,6-11H2,1-5H3;7-8,11-18,21-26H,3-6H2,1-2H3;1H4/t12?,13?,18-,19-,20?,21+,22-,23?,24-,25-;7?,8?,11-,12-,13+,14?,15?,16-,17-,18-;/m11./s1. The molecule has 4 aliphatic rings. The van der Waals surface area contributed by atoms with Gasteiger partial charge in [0.15, 0.2) is 37.0 Å². The summed E-state index contributed by atoms with van der Waals surface area (Å²) in [5, 5.41) is 92.0. The Balaban J connectivity index is 0.000000492. The Labute approximate surface area is 410 Å². The van der Waals surface area contributed by atoms with Crippen LogP contribution in [0.3, 0.4) is 0 Å². The third-order valence-corrected chi connectivity index (χ3v) is 11.3. The highest BCUT2D eigenvalue weighted by molar-refractivity contribution is 5.71. The molecule has 4 aliphatic heterocycles. The van der Waals surface area contributed by atoms with Crippen molar-refractivity contribution in [1.82, 2.24) is 0 Å². The van der Waals surface area contributed by atoms with Crippen molar-refractivity contribution in [3.8, 4) is 0 Å². The molecule has 4 fully saturated rings. The molecule has 0 saturated carbocycles. The van der Waals surface area contributed by atoms with Crippen molar-refractivity contribution in [3.63, 3.8) is 0 Å². The predicted molar refractivity (Wildman–Crippen MR) is 232 cm³/mol. The van der Waals surface area contributed by atoms with Gasteiger partial charge in [-0.05, 0) is 6.42 Å². The predicted octanol–water partition coefficient (Wildman–Crippen LogP) is -2.98. The maximum atomic E-state index is 12.3. The van der Waals surface area contributed by atoms with E-state index in [1.54, 1.807) is 27.7 Å². The Morgan fingerprint density at radius 1 is 0.366 bits per heavy atom. The first-order chi connectivity index (χ1) is 33.1. The zero-order chi connectivity index (χ0) is 52.6. The van der Waals surface area contributed by atoms with E-state index in [9.17, 15) is 74.7 Å². The first-order valence-corrected chi connectivity index (χ1v) is 23.2. The van der Waals surface area contributed by atoms with Crippen LogP contribution in [0.1, 0.15) is 101 Å². The highest BCUT2D eigenvalue weighted by atomic mass is 16.8. The van der Waals surface area contributed by atoms with Crippen LogP contribution in [0, 0.1) is 0 Å². The van der Waals surface area contributed by atoms with E-state index in [2.05, 4.69) is 0 Å². The van der Waals surface area contributed by atoms with E-state index in [4.69, 9.17) is 56.8 Å². The van der Waals surface area contributed by atoms with Crippen LogP contribution >= 0.6 is 0 Å². The molecule has 4 saturated heterocycles. The Hall–Kier alpha value is -3.78. The van der Waals surface area contributed by atoms with Gasteiger partial charge in [0.1, 0.15) is 80.4 Å². The monoisotopic (exact) mass is 1030 g/mol. The molecular formula is C44H74O27. The first kappa shape index (κ1) is 63.3. The first-order valence-electron chi connectivity index (χ1n) is 23.2. The average Bonchev–Trinajstić information content (AvgIpc) is 3.36. The number of aliphatic hydroxyl groups is 9. The molecule has 0 spiro atoms. The molecule has 0 amide bonds. The summed E-state index contributed by atoms with van der Waals surface area (Å²) in [5.74, 6) is -4.01. The fraction of sp³-hybridized carbons (Fsp3) is 0.864. The van der Waals surface area contributed by atoms with Gasteiger partial charge in [-0.1, -0.05) is 55.9 Å². The second-order valence-electron chi connectivity index (χ2n) is 16.3. The van der Waals surface area contributed by atoms with Crippen LogP contribution in [0.4, 0.5) is 0 Å². The molecule has 71 heavy (non-hydrogen) atoms. The number of carbonyl (C=O) groups excluding carboxylic acids is 6. The average molecular weight is 1040 g/mol. The number of rotatable bonds is 20. The second kappa shape index (κ2) is 30.4. The quantitative estimate of drug-likeness (QED) is 0.0434. The minimum Gasteiger partial charge on any atom is -0.463 e. The molecule has 0 aromatic carbocycles. The maximum Gasteiger partial charge on any atom is 0.306 e. The normalized spacial score (nSPS) is 36.8. The second-order valence-corrected chi connectivity index (χ2v) is 16.3. The van der Waals surface area contributed by atoms with Gasteiger partial charge in [-0.25, -0.2) is 0 Å². The SMILES string of the molecule is C.CCC(=O)OC1[C@H](O)C(CC)O[C@H](O[C@H]2OC(CO)[C@@H](O)[C@H](OC(=O)CC)C2OC(=O)CC)[C@@H]1OC(=O)CC.CCC(=O)OCC1O[C@H](O[C@H]2OC(COC(=O)CC)[C@@H](O)[C@H](O)C2O)[C@H](O)C(O)[C@@H]1O. The fourth-order valence-corrected chi connectivity index (χ4v) is 7.10. The van der Waals surface area contributed by atoms with E-state index >= 15 is 0 Å². The largest absolute Gasteiger partial charge is 0.463 e. The highest BCUT2D eigenvalue weighted by Crippen LogP contribution is 2.35. The highest BCUT2D eigenvalue weighted by Gasteiger charge is 2.56. The Kier molecular flexibility index (Phi) is 27.1. The smallest absolute Gasteiger partial charge is 0.306 e. The van der Waals surface area contributed by atoms with Crippen LogP contribution < -0.4 is 0 Å². The zero-order valence-electron chi connectivity index (χ0n) is 40.0. The van der Waals surface area contributed by atoms with Crippen molar-refractivity contribution >= 4 is 35.8 Å². The molecule has 27 heteroatoms. The molecule has 0 radical (unpaired) electrons. The van der Waals surface area contributed by atoms with Crippen molar-refractivity contribution in [2.45, 2.75) is 224 Å². The summed E-state index contributed by atoms with van der Waals surface area (Å²) in [6, 6.07) is 0. The molecule has 0 bridgehead atoms. The van der Waals surface area contributed by atoms with Gasteiger partial charge in [0.05, 0.1) is 12.7 Å². The lowest BCUT2D eigenvalue weighted by molar-refractivity contribution is -0.376. The number of hydrogen-bond acceptors (Lipinski definition) is 27. The summed E-state index contributed by atoms with van der Waals surface area (Å²) in [6.45, 7) is 9.33. The summed E-state index contributed by atoms with van der Waals surface area (Å²) < 4.78 is 65.0. The molecule has 0 aromatic heterocycles. The van der Waals surface area contributed by atoms with Gasteiger partial charge in [0.25, 0.3) is 0 Å². The van der Waals surface area contributed by atoms with Crippen LogP contribution in [-0.2, 0) is 85.6 Å². The summed E-state index contributed by atoms with van der Waals surface area (Å²) in [6.07, 6.45) is -30.3. The molecule has 0 aromatic rings. The molecule has 0 aliphatic carbocycles. The molecular weight excluding hydrogens is 960 g/mol. The lowest BCUT2D eigenvalue weighted by Gasteiger charge is -2.47. The van der Waals surface area contributed by atoms with E-state index in [0.29, 0.717) is 0 Å². The van der Waals surface area contributed by atoms with Gasteiger partial charge in [-0.3, -0.25) is 28.8 Å². The Morgan fingerprint density at radius 3 is 0.986 bits per heavy atom. The van der Waals surface area contributed by atoms with Crippen LogP contribution in [0.15, 0.2) is 0 Å². The molecule has 20 atom stereocenters. The van der Waals surface area contributed by atoms with Gasteiger partial charge in [-0.15, -0.1) is 0 Å². The summed E-state index contributed by atoms with van der Waals surface area (Å²) in [4.78, 5) is 71.6. The lowest BCUT2D eigenvalue weighted by atomic mass is 9.96. The van der Waals surface area contributed by atoms with Crippen molar-refractivity contribution in [2.24, 2.45) is 0 Å². The lowest BCUT2D eigenvalue weighted by Crippen LogP contribution is -2.65. The van der Waals surface area contributed by atoms with E-state index < -0.39 is 178 Å². The maximum absolute atomic E-state index is 12.3. The number of aliphatic hydroxyl groups excluding tert-OH is 9. The molecule has 4 heterocycles. The van der Waals surface area contributed by atoms with Crippen molar-refractivity contribution < 1.29 is 132 Å². The van der Waals surface area contributed by atoms with Gasteiger partial charge < -0.3 is 103 Å². The van der Waals surface area contributed by atoms with E-state index in [0.717, 1.165) is 0 Å². The molecule has 9 N–H and O–H groups in total. The summed E-state index contributed by atoms with van der Waals surface area (Å²) in [7, 11) is 0. The van der Waals surface area contributed by atoms with E-state index in [-0.39, 0.29) is 52.4 Å². The van der Waals surface area contributed by atoms with Gasteiger partial charge >= 0.3 is 35.8 Å². The minimum atomic E-state index is -1.79. The van der Waals surface area contributed by atoms with Crippen molar-refractivity contribution in [3.05, 3.63) is 0 Å². The number of ether oxygens (including phenoxy) is 12. The summed E-state index contributed by atoms with van der Waals surface area (Å²) >= 11 is 0. The molecule has 4 rings (SSSR count). The number of esters is 6. The number of hydrogen-bond donors (Lipinski definition) is 9. The Bertz CT molecular complexity index is 1550. The van der Waals surface area contributed by atoms with Crippen LogP contribution in [0.2, 0.25) is 0 Å². The van der Waals surface area contributed by atoms with Crippen molar-refractivity contribution in [2.75, 3.05) is 19.8 Å². The third-order valence-electron chi connectivity index (χ3n) is 11.3. The summed E-state index contributed by atoms with van der Waals surface area (Å²) in [5.41, 5.74) is 0. The molecule has 8 unspecified atom stereocenters. The fourth-order valence-electron chi connectivity index (χ4n) is 7.10. The molecule has 412 valence electrons. The van der Waals surface area contributed by atoms with Crippen LogP contribution in [0.25, 0.3) is 0 Å². The topological polar surface area (TPSA) is 395 Å². The van der Waals surface area contributed by atoms with E-state index in [1.165, 1.54) is 20.8 Å². The van der Waals surface area contributed by atoms with Gasteiger partial charge in [0.2, 0.25) is 12.6 Å². The van der Waals surface area contributed by atoms with Gasteiger partial charge in [0, 0.05) is 38.5 Å². The minimum absolute atomic E-state index is 0.